The number of carbonyl (C=O) groups is 3. The fourth-order valence-electron chi connectivity index (χ4n) is 4.52. The zero-order valence-corrected chi connectivity index (χ0v) is 18.7. The smallest absolute Gasteiger partial charge is 0.331 e. The Balaban J connectivity index is 1.39. The molecule has 0 spiro atoms. The number of carbonyl (C=O) groups excluding carboxylic acids is 3. The number of aryl methyl sites for hydroxylation is 1. The lowest BCUT2D eigenvalue weighted by Gasteiger charge is -2.32. The first-order valence-electron chi connectivity index (χ1n) is 11.4. The highest BCUT2D eigenvalue weighted by molar-refractivity contribution is 6.30. The Hall–Kier alpha value is -4.19. The van der Waals surface area contributed by atoms with Crippen LogP contribution in [0.25, 0.3) is 6.08 Å². The normalized spacial score (nSPS) is 17.1. The van der Waals surface area contributed by atoms with Crippen LogP contribution in [0.4, 0.5) is 10.5 Å². The first-order valence-corrected chi connectivity index (χ1v) is 11.4. The summed E-state index contributed by atoms with van der Waals surface area (Å²) in [5.41, 5.74) is 5.18. The highest BCUT2D eigenvalue weighted by Gasteiger charge is 2.35. The number of benzene rings is 3. The number of hydrogen-bond donors (Lipinski definition) is 1. The van der Waals surface area contributed by atoms with Crippen LogP contribution in [0.2, 0.25) is 0 Å². The van der Waals surface area contributed by atoms with Crippen molar-refractivity contribution < 1.29 is 14.4 Å². The summed E-state index contributed by atoms with van der Waals surface area (Å²) in [5, 5.41) is 2.30. The maximum atomic E-state index is 13.1. The van der Waals surface area contributed by atoms with Crippen LogP contribution in [0, 0.1) is 0 Å². The SMILES string of the molecule is O=C1NC(=O)N(Cc2ccccc2)C(=O)/C1=C/c1ccc2c(c1)CCCN2Cc1ccccc1. The number of nitrogens with one attached hydrogen (secondary N) is 1. The molecule has 3 aromatic rings. The van der Waals surface area contributed by atoms with E-state index in [1.54, 1.807) is 6.08 Å². The van der Waals surface area contributed by atoms with E-state index in [0.717, 1.165) is 42.0 Å². The number of rotatable bonds is 5. The molecule has 4 amide bonds. The number of fused-ring (bicyclic) bond motifs is 1. The first kappa shape index (κ1) is 21.6. The van der Waals surface area contributed by atoms with Gasteiger partial charge in [-0.2, -0.15) is 0 Å². The topological polar surface area (TPSA) is 69.7 Å². The molecule has 0 bridgehead atoms. The lowest BCUT2D eigenvalue weighted by Crippen LogP contribution is -2.53. The van der Waals surface area contributed by atoms with Crippen LogP contribution in [0.5, 0.6) is 0 Å². The Bertz CT molecular complexity index is 1270. The number of amides is 4. The highest BCUT2D eigenvalue weighted by atomic mass is 16.2. The predicted octanol–water partition coefficient (Wildman–Crippen LogP) is 4.30. The molecule has 0 saturated carbocycles. The molecule has 34 heavy (non-hydrogen) atoms. The summed E-state index contributed by atoms with van der Waals surface area (Å²) in [6, 6.07) is 24.9. The van der Waals surface area contributed by atoms with Crippen LogP contribution in [-0.4, -0.2) is 29.3 Å². The summed E-state index contributed by atoms with van der Waals surface area (Å²) in [6.07, 6.45) is 3.56. The van der Waals surface area contributed by atoms with Crippen molar-refractivity contribution in [2.75, 3.05) is 11.4 Å². The number of hydrogen-bond acceptors (Lipinski definition) is 4. The van der Waals surface area contributed by atoms with E-state index >= 15 is 0 Å². The van der Waals surface area contributed by atoms with E-state index < -0.39 is 17.8 Å². The van der Waals surface area contributed by atoms with Crippen LogP contribution in [0.1, 0.15) is 28.7 Å². The van der Waals surface area contributed by atoms with Crippen LogP contribution in [-0.2, 0) is 29.1 Å². The zero-order chi connectivity index (χ0) is 23.5. The van der Waals surface area contributed by atoms with Crippen molar-refractivity contribution in [2.24, 2.45) is 0 Å². The Labute approximate surface area is 198 Å². The molecule has 170 valence electrons. The van der Waals surface area contributed by atoms with Crippen molar-refractivity contribution in [3.8, 4) is 0 Å². The zero-order valence-electron chi connectivity index (χ0n) is 18.7. The monoisotopic (exact) mass is 451 g/mol. The average Bonchev–Trinajstić information content (AvgIpc) is 2.86. The molecule has 2 heterocycles. The summed E-state index contributed by atoms with van der Waals surface area (Å²) in [6.45, 7) is 1.93. The molecule has 0 aromatic heterocycles. The molecule has 2 aliphatic heterocycles. The van der Waals surface area contributed by atoms with Crippen molar-refractivity contribution in [3.63, 3.8) is 0 Å². The van der Waals surface area contributed by atoms with E-state index in [0.29, 0.717) is 0 Å². The molecular formula is C28H25N3O3. The van der Waals surface area contributed by atoms with E-state index in [-0.39, 0.29) is 12.1 Å². The van der Waals surface area contributed by atoms with Gasteiger partial charge in [0.05, 0.1) is 6.54 Å². The molecule has 5 rings (SSSR count). The molecule has 0 atom stereocenters. The Morgan fingerprint density at radius 3 is 2.21 bits per heavy atom. The molecule has 3 aromatic carbocycles. The molecule has 0 aliphatic carbocycles. The summed E-state index contributed by atoms with van der Waals surface area (Å²) >= 11 is 0. The second kappa shape index (κ2) is 9.35. The second-order valence-electron chi connectivity index (χ2n) is 8.59. The summed E-state index contributed by atoms with van der Waals surface area (Å²) < 4.78 is 0. The van der Waals surface area contributed by atoms with Gasteiger partial charge in [0.25, 0.3) is 11.8 Å². The van der Waals surface area contributed by atoms with Crippen molar-refractivity contribution >= 4 is 29.6 Å². The predicted molar refractivity (Wildman–Crippen MR) is 131 cm³/mol. The van der Waals surface area contributed by atoms with E-state index in [1.807, 2.05) is 60.7 Å². The third-order valence-corrected chi connectivity index (χ3v) is 6.21. The molecule has 1 saturated heterocycles. The Morgan fingerprint density at radius 1 is 0.824 bits per heavy atom. The molecule has 1 N–H and O–H groups in total. The van der Waals surface area contributed by atoms with E-state index in [2.05, 4.69) is 28.4 Å². The van der Waals surface area contributed by atoms with E-state index in [4.69, 9.17) is 0 Å². The van der Waals surface area contributed by atoms with Crippen molar-refractivity contribution in [2.45, 2.75) is 25.9 Å². The van der Waals surface area contributed by atoms with Gasteiger partial charge < -0.3 is 4.90 Å². The molecule has 0 radical (unpaired) electrons. The van der Waals surface area contributed by atoms with Crippen LogP contribution in [0.15, 0.2) is 84.4 Å². The van der Waals surface area contributed by atoms with Gasteiger partial charge in [0.1, 0.15) is 5.57 Å². The van der Waals surface area contributed by atoms with Gasteiger partial charge in [0.2, 0.25) is 0 Å². The summed E-state index contributed by atoms with van der Waals surface area (Å²) in [4.78, 5) is 41.3. The maximum Gasteiger partial charge on any atom is 0.331 e. The van der Waals surface area contributed by atoms with Gasteiger partial charge in [0, 0.05) is 18.8 Å². The minimum atomic E-state index is -0.696. The number of nitrogens with zero attached hydrogens (tertiary/aromatic N) is 2. The van der Waals surface area contributed by atoms with Crippen molar-refractivity contribution in [1.82, 2.24) is 10.2 Å². The minimum Gasteiger partial charge on any atom is -0.367 e. The molecule has 1 fully saturated rings. The number of barbiturate groups is 1. The lowest BCUT2D eigenvalue weighted by atomic mass is 9.97. The average molecular weight is 452 g/mol. The van der Waals surface area contributed by atoms with E-state index in [9.17, 15) is 14.4 Å². The second-order valence-corrected chi connectivity index (χ2v) is 8.59. The van der Waals surface area contributed by atoms with Crippen LogP contribution in [0.3, 0.4) is 0 Å². The van der Waals surface area contributed by atoms with Gasteiger partial charge in [-0.25, -0.2) is 4.79 Å². The molecular weight excluding hydrogens is 426 g/mol. The third kappa shape index (κ3) is 4.48. The Kier molecular flexibility index (Phi) is 5.95. The summed E-state index contributed by atoms with van der Waals surface area (Å²) in [5.74, 6) is -1.25. The van der Waals surface area contributed by atoms with Crippen LogP contribution >= 0.6 is 0 Å². The molecule has 6 nitrogen and oxygen atoms in total. The highest BCUT2D eigenvalue weighted by Crippen LogP contribution is 2.30. The molecule has 2 aliphatic rings. The Morgan fingerprint density at radius 2 is 1.50 bits per heavy atom. The fourth-order valence-corrected chi connectivity index (χ4v) is 4.52. The number of urea groups is 1. The van der Waals surface area contributed by atoms with Gasteiger partial charge in [-0.05, 0) is 53.3 Å². The lowest BCUT2D eigenvalue weighted by molar-refractivity contribution is -0.130. The fraction of sp³-hybridized carbons (Fsp3) is 0.179. The first-order chi connectivity index (χ1) is 16.6. The van der Waals surface area contributed by atoms with Crippen molar-refractivity contribution in [3.05, 3.63) is 107 Å². The van der Waals surface area contributed by atoms with Crippen molar-refractivity contribution in [1.29, 1.82) is 0 Å². The number of imide groups is 2. The molecule has 0 unspecified atom stereocenters. The van der Waals surface area contributed by atoms with Gasteiger partial charge in [-0.3, -0.25) is 19.8 Å². The maximum absolute atomic E-state index is 13.1. The van der Waals surface area contributed by atoms with Gasteiger partial charge in [-0.15, -0.1) is 0 Å². The van der Waals surface area contributed by atoms with Gasteiger partial charge in [0.15, 0.2) is 0 Å². The largest absolute Gasteiger partial charge is 0.367 e. The van der Waals surface area contributed by atoms with Gasteiger partial charge >= 0.3 is 6.03 Å². The third-order valence-electron chi connectivity index (χ3n) is 6.21. The molecule has 6 heteroatoms. The van der Waals surface area contributed by atoms with Crippen LogP contribution < -0.4 is 10.2 Å². The van der Waals surface area contributed by atoms with Gasteiger partial charge in [-0.1, -0.05) is 66.7 Å². The standard InChI is InChI=1S/C28H25N3O3/c32-26-24(27(33)31(28(34)29-26)19-21-10-5-2-6-11-21)17-22-13-14-25-23(16-22)12-7-15-30(25)18-20-8-3-1-4-9-20/h1-6,8-11,13-14,16-17H,7,12,15,18-19H2,(H,29,32,34)/b24-17+. The summed E-state index contributed by atoms with van der Waals surface area (Å²) in [7, 11) is 0. The minimum absolute atomic E-state index is 0.0348. The quantitative estimate of drug-likeness (QED) is 0.464. The van der Waals surface area contributed by atoms with E-state index in [1.165, 1.54) is 16.8 Å². The number of anilines is 1.